The van der Waals surface area contributed by atoms with Crippen LogP contribution in [0.5, 0.6) is 0 Å². The number of aromatic amines is 2. The van der Waals surface area contributed by atoms with Crippen LogP contribution in [0.4, 0.5) is 0 Å². The predicted molar refractivity (Wildman–Crippen MR) is 63.7 cm³/mol. The van der Waals surface area contributed by atoms with Crippen molar-refractivity contribution in [2.24, 2.45) is 0 Å². The highest BCUT2D eigenvalue weighted by atomic mass is 79.9. The Morgan fingerprint density at radius 1 is 1.53 bits per heavy atom. The first-order valence-corrected chi connectivity index (χ1v) is 5.63. The van der Waals surface area contributed by atoms with E-state index in [4.69, 9.17) is 0 Å². The first-order chi connectivity index (χ1) is 7.31. The lowest BCUT2D eigenvalue weighted by atomic mass is 10.3. The summed E-state index contributed by atoms with van der Waals surface area (Å²) in [5, 5.41) is 3.10. The molecular weight excluding hydrogens is 256 g/mol. The highest BCUT2D eigenvalue weighted by Crippen LogP contribution is 2.24. The summed E-state index contributed by atoms with van der Waals surface area (Å²) in [5.41, 5.74) is 1.96. The molecule has 0 aliphatic rings. The van der Waals surface area contributed by atoms with E-state index in [0.717, 1.165) is 34.8 Å². The molecule has 0 aliphatic carbocycles. The van der Waals surface area contributed by atoms with E-state index in [1.807, 2.05) is 25.4 Å². The Morgan fingerprint density at radius 2 is 2.40 bits per heavy atom. The number of H-pyrrole nitrogens is 2. The molecule has 0 saturated carbocycles. The van der Waals surface area contributed by atoms with E-state index < -0.39 is 0 Å². The van der Waals surface area contributed by atoms with Gasteiger partial charge in [0, 0.05) is 19.2 Å². The van der Waals surface area contributed by atoms with Crippen molar-refractivity contribution in [3.8, 4) is 11.4 Å². The van der Waals surface area contributed by atoms with Crippen LogP contribution in [-0.4, -0.2) is 28.5 Å². The average molecular weight is 269 g/mol. The number of halogens is 1. The van der Waals surface area contributed by atoms with Gasteiger partial charge in [0.2, 0.25) is 0 Å². The van der Waals surface area contributed by atoms with Crippen molar-refractivity contribution in [3.05, 3.63) is 28.8 Å². The van der Waals surface area contributed by atoms with E-state index in [-0.39, 0.29) is 0 Å². The summed E-state index contributed by atoms with van der Waals surface area (Å²) in [4.78, 5) is 10.9. The van der Waals surface area contributed by atoms with Gasteiger partial charge in [0.1, 0.15) is 16.1 Å². The molecule has 80 valence electrons. The van der Waals surface area contributed by atoms with Gasteiger partial charge in [-0.15, -0.1) is 0 Å². The Morgan fingerprint density at radius 3 is 3.07 bits per heavy atom. The standard InChI is InChI=1S/C10H13BrN4/c1-12-6-4-8-14-9(10(11)15-8)7-3-2-5-13-7/h2-3,5,12-13H,4,6H2,1H3,(H,14,15). The zero-order valence-electron chi connectivity index (χ0n) is 8.47. The molecule has 0 aromatic carbocycles. The predicted octanol–water partition coefficient (Wildman–Crippen LogP) is 1.93. The third-order valence-electron chi connectivity index (χ3n) is 2.17. The Kier molecular flexibility index (Phi) is 3.23. The first kappa shape index (κ1) is 10.4. The van der Waals surface area contributed by atoms with Crippen molar-refractivity contribution < 1.29 is 0 Å². The molecule has 0 amide bonds. The highest BCUT2D eigenvalue weighted by molar-refractivity contribution is 9.10. The molecule has 5 heteroatoms. The van der Waals surface area contributed by atoms with Gasteiger partial charge in [0.25, 0.3) is 0 Å². The molecule has 2 aromatic rings. The minimum absolute atomic E-state index is 0.899. The van der Waals surface area contributed by atoms with Crippen LogP contribution in [0.2, 0.25) is 0 Å². The average Bonchev–Trinajstić information content (AvgIpc) is 2.83. The molecule has 0 aliphatic heterocycles. The molecule has 0 bridgehead atoms. The lowest BCUT2D eigenvalue weighted by Crippen LogP contribution is -2.11. The van der Waals surface area contributed by atoms with Gasteiger partial charge >= 0.3 is 0 Å². The van der Waals surface area contributed by atoms with Gasteiger partial charge in [0.05, 0.1) is 5.69 Å². The summed E-state index contributed by atoms with van der Waals surface area (Å²) < 4.78 is 0.927. The quantitative estimate of drug-likeness (QED) is 0.794. The molecule has 0 fully saturated rings. The summed E-state index contributed by atoms with van der Waals surface area (Å²) in [6.07, 6.45) is 2.79. The zero-order chi connectivity index (χ0) is 10.7. The van der Waals surface area contributed by atoms with E-state index in [1.165, 1.54) is 0 Å². The van der Waals surface area contributed by atoms with Gasteiger partial charge in [0.15, 0.2) is 0 Å². The largest absolute Gasteiger partial charge is 0.360 e. The Labute approximate surface area is 96.6 Å². The first-order valence-electron chi connectivity index (χ1n) is 4.84. The number of likely N-dealkylation sites (N-methyl/N-ethyl adjacent to an activating group) is 1. The molecule has 0 radical (unpaired) electrons. The van der Waals surface area contributed by atoms with Crippen molar-refractivity contribution in [2.45, 2.75) is 6.42 Å². The lowest BCUT2D eigenvalue weighted by molar-refractivity contribution is 0.764. The topological polar surface area (TPSA) is 56.5 Å². The maximum Gasteiger partial charge on any atom is 0.119 e. The summed E-state index contributed by atoms with van der Waals surface area (Å²) in [5.74, 6) is 0.987. The molecule has 0 spiro atoms. The third-order valence-corrected chi connectivity index (χ3v) is 2.75. The fourth-order valence-corrected chi connectivity index (χ4v) is 1.95. The SMILES string of the molecule is CNCCc1nc(-c2ccc[nH]2)c(Br)[nH]1. The second-order valence-corrected chi connectivity index (χ2v) is 4.08. The summed E-state index contributed by atoms with van der Waals surface area (Å²) in [6, 6.07) is 3.96. The van der Waals surface area contributed by atoms with Crippen LogP contribution >= 0.6 is 15.9 Å². The van der Waals surface area contributed by atoms with Crippen molar-refractivity contribution in [1.29, 1.82) is 0 Å². The van der Waals surface area contributed by atoms with Crippen molar-refractivity contribution in [2.75, 3.05) is 13.6 Å². The van der Waals surface area contributed by atoms with E-state index >= 15 is 0 Å². The Balaban J connectivity index is 2.22. The number of rotatable bonds is 4. The van der Waals surface area contributed by atoms with Gasteiger partial charge in [-0.3, -0.25) is 0 Å². The van der Waals surface area contributed by atoms with Gasteiger partial charge in [-0.2, -0.15) is 0 Å². The van der Waals surface area contributed by atoms with Crippen LogP contribution < -0.4 is 5.32 Å². The number of aromatic nitrogens is 3. The van der Waals surface area contributed by atoms with Crippen LogP contribution in [0.15, 0.2) is 22.9 Å². The molecular formula is C10H13BrN4. The van der Waals surface area contributed by atoms with Crippen LogP contribution in [0.1, 0.15) is 5.82 Å². The monoisotopic (exact) mass is 268 g/mol. The summed E-state index contributed by atoms with van der Waals surface area (Å²) in [7, 11) is 1.93. The van der Waals surface area contributed by atoms with Crippen LogP contribution in [0.25, 0.3) is 11.4 Å². The highest BCUT2D eigenvalue weighted by Gasteiger charge is 2.09. The van der Waals surface area contributed by atoms with E-state index in [2.05, 4.69) is 36.2 Å². The Hall–Kier alpha value is -1.07. The van der Waals surface area contributed by atoms with E-state index in [9.17, 15) is 0 Å². The number of nitrogens with one attached hydrogen (secondary N) is 3. The number of hydrogen-bond acceptors (Lipinski definition) is 2. The normalized spacial score (nSPS) is 10.8. The smallest absolute Gasteiger partial charge is 0.119 e. The molecule has 4 nitrogen and oxygen atoms in total. The van der Waals surface area contributed by atoms with Gasteiger partial charge in [-0.1, -0.05) is 0 Å². The molecule has 0 unspecified atom stereocenters. The minimum Gasteiger partial charge on any atom is -0.360 e. The summed E-state index contributed by atoms with van der Waals surface area (Å²) >= 11 is 3.47. The number of nitrogens with zero attached hydrogens (tertiary/aromatic N) is 1. The third kappa shape index (κ3) is 2.30. The molecule has 0 saturated heterocycles. The van der Waals surface area contributed by atoms with Crippen molar-refractivity contribution in [3.63, 3.8) is 0 Å². The van der Waals surface area contributed by atoms with E-state index in [1.54, 1.807) is 0 Å². The van der Waals surface area contributed by atoms with Crippen LogP contribution in [0.3, 0.4) is 0 Å². The molecule has 2 rings (SSSR count). The van der Waals surface area contributed by atoms with Crippen molar-refractivity contribution in [1.82, 2.24) is 20.3 Å². The number of imidazole rings is 1. The van der Waals surface area contributed by atoms with Gasteiger partial charge in [-0.25, -0.2) is 4.98 Å². The molecule has 15 heavy (non-hydrogen) atoms. The maximum atomic E-state index is 4.52. The molecule has 2 heterocycles. The minimum atomic E-state index is 0.899. The van der Waals surface area contributed by atoms with Gasteiger partial charge in [-0.05, 0) is 35.1 Å². The number of hydrogen-bond donors (Lipinski definition) is 3. The van der Waals surface area contributed by atoms with Crippen LogP contribution in [0, 0.1) is 0 Å². The van der Waals surface area contributed by atoms with E-state index in [0.29, 0.717) is 0 Å². The van der Waals surface area contributed by atoms with Gasteiger partial charge < -0.3 is 15.3 Å². The molecule has 2 aromatic heterocycles. The van der Waals surface area contributed by atoms with Crippen molar-refractivity contribution >= 4 is 15.9 Å². The fourth-order valence-electron chi connectivity index (χ4n) is 1.42. The maximum absolute atomic E-state index is 4.52. The lowest BCUT2D eigenvalue weighted by Gasteiger charge is -1.93. The molecule has 0 atom stereocenters. The zero-order valence-corrected chi connectivity index (χ0v) is 10.1. The molecule has 3 N–H and O–H groups in total. The second-order valence-electron chi connectivity index (χ2n) is 3.28. The Bertz CT molecular complexity index is 419. The van der Waals surface area contributed by atoms with Crippen LogP contribution in [-0.2, 0) is 6.42 Å². The summed E-state index contributed by atoms with van der Waals surface area (Å²) in [6.45, 7) is 0.921. The fraction of sp³-hybridized carbons (Fsp3) is 0.300. The second kappa shape index (κ2) is 4.63.